The van der Waals surface area contributed by atoms with Crippen LogP contribution in [0.1, 0.15) is 23.2 Å². The number of carboxylic acids is 1. The quantitative estimate of drug-likeness (QED) is 0.806. The molecule has 1 heterocycles. The molecule has 1 aromatic rings. The molecule has 0 saturated carbocycles. The molecular weight excluding hydrogens is 286 g/mol. The third-order valence-corrected chi connectivity index (χ3v) is 3.93. The van der Waals surface area contributed by atoms with Crippen LogP contribution in [0.4, 0.5) is 0 Å². The number of hydrogen-bond donors (Lipinski definition) is 1. The maximum Gasteiger partial charge on any atom is 0.307 e. The van der Waals surface area contributed by atoms with E-state index in [0.717, 1.165) is 13.0 Å². The highest BCUT2D eigenvalue weighted by molar-refractivity contribution is 6.00. The first-order chi connectivity index (χ1) is 10.5. The molecule has 6 nitrogen and oxygen atoms in total. The molecule has 22 heavy (non-hydrogen) atoms. The third-order valence-electron chi connectivity index (χ3n) is 3.93. The average molecular weight is 307 g/mol. The molecule has 1 saturated heterocycles. The van der Waals surface area contributed by atoms with Gasteiger partial charge in [-0.15, -0.1) is 0 Å². The highest BCUT2D eigenvalue weighted by atomic mass is 16.5. The van der Waals surface area contributed by atoms with Crippen molar-refractivity contribution in [1.29, 1.82) is 0 Å². The number of methoxy groups -OCH3 is 2. The van der Waals surface area contributed by atoms with Gasteiger partial charge in [-0.05, 0) is 37.6 Å². The molecule has 0 bridgehead atoms. The van der Waals surface area contributed by atoms with Crippen LogP contribution in [0.15, 0.2) is 18.2 Å². The zero-order valence-corrected chi connectivity index (χ0v) is 12.9. The van der Waals surface area contributed by atoms with E-state index in [4.69, 9.17) is 14.6 Å². The fourth-order valence-electron chi connectivity index (χ4n) is 2.72. The van der Waals surface area contributed by atoms with Gasteiger partial charge < -0.3 is 14.6 Å². The van der Waals surface area contributed by atoms with Crippen molar-refractivity contribution in [2.45, 2.75) is 12.8 Å². The smallest absolute Gasteiger partial charge is 0.307 e. The summed E-state index contributed by atoms with van der Waals surface area (Å²) in [6.45, 7) is 1.34. The molecule has 1 aliphatic rings. The first-order valence-electron chi connectivity index (χ1n) is 7.25. The van der Waals surface area contributed by atoms with Gasteiger partial charge in [-0.1, -0.05) is 0 Å². The minimum Gasteiger partial charge on any atom is -0.497 e. The van der Waals surface area contributed by atoms with Gasteiger partial charge in [0.25, 0.3) is 0 Å². The molecule has 6 heteroatoms. The van der Waals surface area contributed by atoms with Crippen LogP contribution in [-0.2, 0) is 4.79 Å². The maximum absolute atomic E-state index is 12.5. The van der Waals surface area contributed by atoms with Gasteiger partial charge in [0.1, 0.15) is 11.5 Å². The summed E-state index contributed by atoms with van der Waals surface area (Å²) in [5, 5.41) is 9.11. The van der Waals surface area contributed by atoms with E-state index in [1.165, 1.54) is 14.2 Å². The minimum absolute atomic E-state index is 0.0956. The number of rotatable bonds is 6. The van der Waals surface area contributed by atoms with Crippen molar-refractivity contribution in [1.82, 2.24) is 4.90 Å². The first kappa shape index (κ1) is 16.3. The van der Waals surface area contributed by atoms with E-state index in [-0.39, 0.29) is 12.3 Å². The Bertz CT molecular complexity index is 557. The molecule has 1 fully saturated rings. The summed E-state index contributed by atoms with van der Waals surface area (Å²) in [5.41, 5.74) is 0.458. The summed E-state index contributed by atoms with van der Waals surface area (Å²) < 4.78 is 10.4. The third kappa shape index (κ3) is 3.76. The van der Waals surface area contributed by atoms with Crippen molar-refractivity contribution < 1.29 is 24.2 Å². The Balaban J connectivity index is 2.10. The van der Waals surface area contributed by atoms with E-state index in [1.807, 2.05) is 4.90 Å². The number of piperidine rings is 1. The number of ether oxygens (including phenoxy) is 2. The number of nitrogens with zero attached hydrogens (tertiary/aromatic N) is 1. The lowest BCUT2D eigenvalue weighted by molar-refractivity contribution is -0.143. The maximum atomic E-state index is 12.5. The molecule has 0 aliphatic carbocycles. The molecule has 120 valence electrons. The van der Waals surface area contributed by atoms with Gasteiger partial charge in [-0.3, -0.25) is 14.5 Å². The fourth-order valence-corrected chi connectivity index (χ4v) is 2.72. The topological polar surface area (TPSA) is 76.1 Å². The van der Waals surface area contributed by atoms with E-state index in [2.05, 4.69) is 0 Å². The predicted octanol–water partition coefficient (Wildman–Crippen LogP) is 1.68. The summed E-state index contributed by atoms with van der Waals surface area (Å²) >= 11 is 0. The highest BCUT2D eigenvalue weighted by Crippen LogP contribution is 2.25. The number of Topliss-reactive ketones (excluding diaryl/α,β-unsaturated/α-hetero) is 1. The molecule has 0 amide bonds. The largest absolute Gasteiger partial charge is 0.497 e. The first-order valence-corrected chi connectivity index (χ1v) is 7.25. The molecule has 1 unspecified atom stereocenters. The Labute approximate surface area is 129 Å². The minimum atomic E-state index is -0.795. The van der Waals surface area contributed by atoms with Crippen LogP contribution in [0.2, 0.25) is 0 Å². The van der Waals surface area contributed by atoms with Crippen molar-refractivity contribution >= 4 is 11.8 Å². The highest BCUT2D eigenvalue weighted by Gasteiger charge is 2.27. The monoisotopic (exact) mass is 307 g/mol. The standard InChI is InChI=1S/C16H21NO5/c1-21-12-5-6-15(22-2)13(8-12)14(18)10-17-7-3-4-11(9-17)16(19)20/h5-6,8,11H,3-4,7,9-10H2,1-2H3,(H,19,20). The molecule has 1 atom stereocenters. The molecule has 2 rings (SSSR count). The lowest BCUT2D eigenvalue weighted by Gasteiger charge is -2.30. The summed E-state index contributed by atoms with van der Waals surface area (Å²) in [4.78, 5) is 25.5. The molecule has 0 spiro atoms. The fraction of sp³-hybridized carbons (Fsp3) is 0.500. The van der Waals surface area contributed by atoms with Crippen molar-refractivity contribution in [2.75, 3.05) is 33.9 Å². The van der Waals surface area contributed by atoms with Crippen LogP contribution in [0, 0.1) is 5.92 Å². The second kappa shape index (κ2) is 7.26. The molecule has 1 N–H and O–H groups in total. The van der Waals surface area contributed by atoms with Crippen LogP contribution in [0.3, 0.4) is 0 Å². The normalized spacial score (nSPS) is 18.7. The summed E-state index contributed by atoms with van der Waals surface area (Å²) in [6.07, 6.45) is 1.46. The van der Waals surface area contributed by atoms with Gasteiger partial charge in [0, 0.05) is 6.54 Å². The van der Waals surface area contributed by atoms with Crippen molar-refractivity contribution in [3.05, 3.63) is 23.8 Å². The number of aliphatic carboxylic acids is 1. The van der Waals surface area contributed by atoms with Crippen molar-refractivity contribution in [3.63, 3.8) is 0 Å². The molecule has 0 radical (unpaired) electrons. The summed E-state index contributed by atoms with van der Waals surface area (Å²) in [7, 11) is 3.05. The summed E-state index contributed by atoms with van der Waals surface area (Å²) in [5.74, 6) is -0.199. The number of carbonyl (C=O) groups is 2. The van der Waals surface area contributed by atoms with E-state index < -0.39 is 11.9 Å². The van der Waals surface area contributed by atoms with Gasteiger partial charge in [-0.2, -0.15) is 0 Å². The Morgan fingerprint density at radius 1 is 1.32 bits per heavy atom. The van der Waals surface area contributed by atoms with Crippen molar-refractivity contribution in [2.24, 2.45) is 5.92 Å². The zero-order valence-electron chi connectivity index (χ0n) is 12.9. The van der Waals surface area contributed by atoms with E-state index in [0.29, 0.717) is 30.0 Å². The Kier molecular flexibility index (Phi) is 5.38. The predicted molar refractivity (Wildman–Crippen MR) is 80.7 cm³/mol. The van der Waals surface area contributed by atoms with Gasteiger partial charge in [0.05, 0.1) is 32.2 Å². The van der Waals surface area contributed by atoms with Crippen molar-refractivity contribution in [3.8, 4) is 11.5 Å². The molecular formula is C16H21NO5. The van der Waals surface area contributed by atoms with Gasteiger partial charge in [0.15, 0.2) is 5.78 Å². The number of hydrogen-bond acceptors (Lipinski definition) is 5. The van der Waals surface area contributed by atoms with Gasteiger partial charge in [-0.25, -0.2) is 0 Å². The summed E-state index contributed by atoms with van der Waals surface area (Å²) in [6, 6.07) is 5.08. The van der Waals surface area contributed by atoms with Gasteiger partial charge >= 0.3 is 5.97 Å². The molecule has 1 aromatic carbocycles. The molecule has 0 aromatic heterocycles. The average Bonchev–Trinajstić information content (AvgIpc) is 2.54. The SMILES string of the molecule is COc1ccc(OC)c(C(=O)CN2CCCC(C(=O)O)C2)c1. The second-order valence-electron chi connectivity index (χ2n) is 5.40. The Morgan fingerprint density at radius 3 is 2.73 bits per heavy atom. The van der Waals surface area contributed by atoms with Crippen LogP contribution in [-0.4, -0.2) is 55.6 Å². The van der Waals surface area contributed by atoms with E-state index >= 15 is 0 Å². The van der Waals surface area contributed by atoms with E-state index in [9.17, 15) is 9.59 Å². The number of carbonyl (C=O) groups excluding carboxylic acids is 1. The number of benzene rings is 1. The number of ketones is 1. The lowest BCUT2D eigenvalue weighted by atomic mass is 9.97. The Hall–Kier alpha value is -2.08. The van der Waals surface area contributed by atoms with Crippen LogP contribution in [0.25, 0.3) is 0 Å². The zero-order chi connectivity index (χ0) is 16.1. The van der Waals surface area contributed by atoms with Gasteiger partial charge in [0.2, 0.25) is 0 Å². The number of likely N-dealkylation sites (tertiary alicyclic amines) is 1. The van der Waals surface area contributed by atoms with Crippen LogP contribution >= 0.6 is 0 Å². The van der Waals surface area contributed by atoms with Crippen LogP contribution < -0.4 is 9.47 Å². The molecule has 1 aliphatic heterocycles. The lowest BCUT2D eigenvalue weighted by Crippen LogP contribution is -2.41. The number of carboxylic acid groups (broad SMARTS) is 1. The van der Waals surface area contributed by atoms with E-state index in [1.54, 1.807) is 18.2 Å². The Morgan fingerprint density at radius 2 is 2.09 bits per heavy atom. The van der Waals surface area contributed by atoms with Crippen LogP contribution in [0.5, 0.6) is 11.5 Å². The second-order valence-corrected chi connectivity index (χ2v) is 5.40.